The number of aromatic nitrogens is 1. The topological polar surface area (TPSA) is 22.0 Å². The van der Waals surface area contributed by atoms with Gasteiger partial charge < -0.3 is 4.57 Å². The first-order valence-corrected chi connectivity index (χ1v) is 6.65. The zero-order chi connectivity index (χ0) is 13.4. The summed E-state index contributed by atoms with van der Waals surface area (Å²) in [7, 11) is 0. The molecule has 2 nitrogen and oxygen atoms in total. The van der Waals surface area contributed by atoms with Crippen LogP contribution in [0.25, 0.3) is 10.9 Å². The van der Waals surface area contributed by atoms with Crippen molar-refractivity contribution in [3.05, 3.63) is 33.9 Å². The Morgan fingerprint density at radius 2 is 2.00 bits per heavy atom. The lowest BCUT2D eigenvalue weighted by atomic mass is 10.1. The summed E-state index contributed by atoms with van der Waals surface area (Å²) >= 11 is 12.3. The van der Waals surface area contributed by atoms with Crippen molar-refractivity contribution in [2.75, 3.05) is 0 Å². The zero-order valence-electron chi connectivity index (χ0n) is 10.6. The molecule has 0 aliphatic rings. The number of fused-ring (bicyclic) bond motifs is 1. The molecule has 0 fully saturated rings. The number of Topliss-reactive ketones (excluding diaryl/α,β-unsaturated/α-hetero) is 1. The van der Waals surface area contributed by atoms with E-state index in [2.05, 4.69) is 13.8 Å². The van der Waals surface area contributed by atoms with E-state index in [9.17, 15) is 4.79 Å². The average Bonchev–Trinajstić information content (AvgIpc) is 2.50. The Hall–Kier alpha value is -0.990. The van der Waals surface area contributed by atoms with Crippen LogP contribution in [0.5, 0.6) is 0 Å². The fourth-order valence-corrected chi connectivity index (χ4v) is 2.74. The Kier molecular flexibility index (Phi) is 3.69. The third kappa shape index (κ3) is 2.27. The van der Waals surface area contributed by atoms with Crippen molar-refractivity contribution in [2.45, 2.75) is 27.3 Å². The molecule has 0 radical (unpaired) electrons. The number of ketones is 1. The van der Waals surface area contributed by atoms with E-state index in [0.717, 1.165) is 17.4 Å². The maximum absolute atomic E-state index is 11.7. The molecule has 96 valence electrons. The lowest BCUT2D eigenvalue weighted by Crippen LogP contribution is -2.04. The summed E-state index contributed by atoms with van der Waals surface area (Å²) in [6.07, 6.45) is 0. The van der Waals surface area contributed by atoms with Crippen LogP contribution in [0.1, 0.15) is 31.1 Å². The maximum Gasteiger partial charge on any atom is 0.163 e. The smallest absolute Gasteiger partial charge is 0.163 e. The van der Waals surface area contributed by atoms with E-state index in [4.69, 9.17) is 23.2 Å². The Balaban J connectivity index is 2.78. The predicted molar refractivity (Wildman–Crippen MR) is 76.8 cm³/mol. The second kappa shape index (κ2) is 4.94. The van der Waals surface area contributed by atoms with Crippen LogP contribution < -0.4 is 0 Å². The third-order valence-corrected chi connectivity index (χ3v) is 3.49. The highest BCUT2D eigenvalue weighted by atomic mass is 35.5. The van der Waals surface area contributed by atoms with Gasteiger partial charge in [0.15, 0.2) is 5.78 Å². The molecule has 4 heteroatoms. The van der Waals surface area contributed by atoms with Gasteiger partial charge in [0.2, 0.25) is 0 Å². The van der Waals surface area contributed by atoms with E-state index < -0.39 is 0 Å². The highest BCUT2D eigenvalue weighted by molar-refractivity contribution is 6.36. The van der Waals surface area contributed by atoms with Crippen molar-refractivity contribution in [1.82, 2.24) is 4.57 Å². The second-order valence-corrected chi connectivity index (χ2v) is 5.68. The van der Waals surface area contributed by atoms with Gasteiger partial charge in [-0.3, -0.25) is 4.79 Å². The number of benzene rings is 1. The average molecular weight is 284 g/mol. The number of hydrogen-bond donors (Lipinski definition) is 0. The summed E-state index contributed by atoms with van der Waals surface area (Å²) in [6, 6.07) is 5.54. The van der Waals surface area contributed by atoms with Crippen molar-refractivity contribution in [3.63, 3.8) is 0 Å². The summed E-state index contributed by atoms with van der Waals surface area (Å²) in [4.78, 5) is 11.7. The molecule has 0 spiro atoms. The molecule has 1 aromatic carbocycles. The van der Waals surface area contributed by atoms with Crippen molar-refractivity contribution in [2.24, 2.45) is 5.92 Å². The Labute approximate surface area is 116 Å². The molecule has 0 saturated heterocycles. The monoisotopic (exact) mass is 283 g/mol. The molecular weight excluding hydrogens is 269 g/mol. The van der Waals surface area contributed by atoms with Gasteiger partial charge in [0.05, 0.1) is 11.1 Å². The molecule has 1 heterocycles. The van der Waals surface area contributed by atoms with Crippen molar-refractivity contribution in [1.29, 1.82) is 0 Å². The first-order valence-electron chi connectivity index (χ1n) is 5.90. The number of carbonyl (C=O) groups excluding carboxylic acids is 1. The Morgan fingerprint density at radius 3 is 2.56 bits per heavy atom. The van der Waals surface area contributed by atoms with Gasteiger partial charge in [0.25, 0.3) is 0 Å². The summed E-state index contributed by atoms with van der Waals surface area (Å²) in [5.74, 6) is 0.420. The molecule has 0 bridgehead atoms. The van der Waals surface area contributed by atoms with Gasteiger partial charge in [-0.25, -0.2) is 0 Å². The third-order valence-electron chi connectivity index (χ3n) is 2.86. The normalized spacial score (nSPS) is 11.4. The molecule has 0 aliphatic carbocycles. The molecule has 0 aliphatic heterocycles. The summed E-state index contributed by atoms with van der Waals surface area (Å²) in [5, 5.41) is 1.96. The van der Waals surface area contributed by atoms with Gasteiger partial charge in [-0.15, -0.1) is 0 Å². The largest absolute Gasteiger partial charge is 0.331 e. The summed E-state index contributed by atoms with van der Waals surface area (Å²) in [5.41, 5.74) is 1.53. The van der Waals surface area contributed by atoms with Crippen LogP contribution in [0.2, 0.25) is 10.2 Å². The zero-order valence-corrected chi connectivity index (χ0v) is 12.1. The number of nitrogens with zero attached hydrogens (tertiary/aromatic N) is 1. The van der Waals surface area contributed by atoms with Crippen LogP contribution in [0.15, 0.2) is 18.2 Å². The van der Waals surface area contributed by atoms with Gasteiger partial charge in [0.1, 0.15) is 5.15 Å². The van der Waals surface area contributed by atoms with Crippen LogP contribution >= 0.6 is 23.2 Å². The quantitative estimate of drug-likeness (QED) is 0.741. The molecule has 1 aromatic heterocycles. The number of rotatable bonds is 3. The summed E-state index contributed by atoms with van der Waals surface area (Å²) in [6.45, 7) is 6.54. The molecule has 0 unspecified atom stereocenters. The lowest BCUT2D eigenvalue weighted by Gasteiger charge is -2.09. The van der Waals surface area contributed by atoms with Gasteiger partial charge in [-0.2, -0.15) is 0 Å². The molecule has 2 aromatic rings. The molecular formula is C14H15Cl2NO. The molecule has 0 amide bonds. The first kappa shape index (κ1) is 13.4. The Bertz CT molecular complexity index is 614. The fraction of sp³-hybridized carbons (Fsp3) is 0.357. The highest BCUT2D eigenvalue weighted by Gasteiger charge is 2.19. The predicted octanol–water partition coefficient (Wildman–Crippen LogP) is 4.81. The van der Waals surface area contributed by atoms with Gasteiger partial charge >= 0.3 is 0 Å². The van der Waals surface area contributed by atoms with Crippen molar-refractivity contribution >= 4 is 39.9 Å². The number of halogens is 2. The van der Waals surface area contributed by atoms with E-state index in [-0.39, 0.29) is 5.78 Å². The van der Waals surface area contributed by atoms with Crippen LogP contribution in [-0.2, 0) is 6.54 Å². The van der Waals surface area contributed by atoms with Crippen LogP contribution in [-0.4, -0.2) is 10.4 Å². The molecule has 0 saturated carbocycles. The number of hydrogen-bond acceptors (Lipinski definition) is 1. The van der Waals surface area contributed by atoms with Crippen molar-refractivity contribution < 1.29 is 4.79 Å². The van der Waals surface area contributed by atoms with Gasteiger partial charge in [0, 0.05) is 17.0 Å². The molecule has 0 atom stereocenters. The van der Waals surface area contributed by atoms with Gasteiger partial charge in [-0.05, 0) is 31.0 Å². The van der Waals surface area contributed by atoms with Gasteiger partial charge in [-0.1, -0.05) is 37.0 Å². The molecule has 2 rings (SSSR count). The van der Waals surface area contributed by atoms with Crippen molar-refractivity contribution in [3.8, 4) is 0 Å². The SMILES string of the molecule is CC(=O)c1c(Cl)n(CC(C)C)c2ccc(Cl)cc12. The van der Waals surface area contributed by atoms with Crippen LogP contribution in [0.4, 0.5) is 0 Å². The molecule has 18 heavy (non-hydrogen) atoms. The minimum Gasteiger partial charge on any atom is -0.331 e. The van der Waals surface area contributed by atoms with E-state index >= 15 is 0 Å². The van der Waals surface area contributed by atoms with Crippen LogP contribution in [0.3, 0.4) is 0 Å². The highest BCUT2D eigenvalue weighted by Crippen LogP contribution is 2.33. The van der Waals surface area contributed by atoms with Crippen LogP contribution in [0, 0.1) is 5.92 Å². The standard InChI is InChI=1S/C14H15Cl2NO/c1-8(2)7-17-12-5-4-10(15)6-11(12)13(9(3)18)14(17)16/h4-6,8H,7H2,1-3H3. The second-order valence-electron chi connectivity index (χ2n) is 4.89. The van der Waals surface area contributed by atoms with E-state index in [1.165, 1.54) is 6.92 Å². The first-order chi connectivity index (χ1) is 8.41. The van der Waals surface area contributed by atoms with E-state index in [1.807, 2.05) is 16.7 Å². The maximum atomic E-state index is 11.7. The minimum absolute atomic E-state index is 0.0326. The Morgan fingerprint density at radius 1 is 1.33 bits per heavy atom. The van der Waals surface area contributed by atoms with E-state index in [0.29, 0.717) is 21.7 Å². The summed E-state index contributed by atoms with van der Waals surface area (Å²) < 4.78 is 1.98. The number of carbonyl (C=O) groups is 1. The lowest BCUT2D eigenvalue weighted by molar-refractivity contribution is 0.101. The molecule has 0 N–H and O–H groups in total. The van der Waals surface area contributed by atoms with E-state index in [1.54, 1.807) is 6.07 Å². The minimum atomic E-state index is -0.0326. The fourth-order valence-electron chi connectivity index (χ4n) is 2.17.